The Morgan fingerprint density at radius 2 is 2.03 bits per heavy atom. The largest absolute Gasteiger partial charge is 0.433 e. The number of amides is 1. The van der Waals surface area contributed by atoms with Crippen molar-refractivity contribution < 1.29 is 18.0 Å². The van der Waals surface area contributed by atoms with Gasteiger partial charge in [0.2, 0.25) is 5.91 Å². The number of rotatable bonds is 3. The van der Waals surface area contributed by atoms with Gasteiger partial charge in [-0.2, -0.15) is 23.5 Å². The second-order valence-corrected chi connectivity index (χ2v) is 7.60. The van der Waals surface area contributed by atoms with E-state index in [0.29, 0.717) is 35.6 Å². The molecule has 1 saturated heterocycles. The normalized spacial score (nSPS) is 21.9. The van der Waals surface area contributed by atoms with E-state index < -0.39 is 17.3 Å². The smallest absolute Gasteiger partial charge is 0.294 e. The number of hydrogen-bond acceptors (Lipinski definition) is 5. The van der Waals surface area contributed by atoms with Crippen LogP contribution in [0.15, 0.2) is 36.8 Å². The van der Waals surface area contributed by atoms with E-state index in [1.165, 1.54) is 15.5 Å². The molecule has 0 unspecified atom stereocenters. The molecule has 1 aliphatic heterocycles. The molecule has 3 aromatic heterocycles. The molecule has 7 nitrogen and oxygen atoms in total. The number of pyridine rings is 1. The van der Waals surface area contributed by atoms with Gasteiger partial charge in [0.1, 0.15) is 16.6 Å². The minimum Gasteiger partial charge on any atom is -0.294 e. The van der Waals surface area contributed by atoms with Gasteiger partial charge in [-0.15, -0.1) is 0 Å². The van der Waals surface area contributed by atoms with Crippen molar-refractivity contribution in [3.05, 3.63) is 42.5 Å². The lowest BCUT2D eigenvalue weighted by molar-refractivity contribution is -0.141. The highest BCUT2D eigenvalue weighted by Crippen LogP contribution is 2.52. The predicted molar refractivity (Wildman–Crippen MR) is 99.0 cm³/mol. The first kappa shape index (κ1) is 18.5. The number of carbonyl (C=O) groups is 1. The maximum Gasteiger partial charge on any atom is 0.433 e. The third-order valence-electron chi connectivity index (χ3n) is 5.81. The lowest BCUT2D eigenvalue weighted by atomic mass is 9.83. The second kappa shape index (κ2) is 6.26. The van der Waals surface area contributed by atoms with E-state index >= 15 is 0 Å². The van der Waals surface area contributed by atoms with Crippen molar-refractivity contribution in [3.8, 4) is 17.3 Å². The van der Waals surface area contributed by atoms with E-state index in [1.54, 1.807) is 18.5 Å². The summed E-state index contributed by atoms with van der Waals surface area (Å²) in [5, 5.41) is 13.9. The van der Waals surface area contributed by atoms with Crippen molar-refractivity contribution in [1.82, 2.24) is 19.6 Å². The van der Waals surface area contributed by atoms with Gasteiger partial charge in [0.15, 0.2) is 5.82 Å². The van der Waals surface area contributed by atoms with E-state index in [-0.39, 0.29) is 11.8 Å². The molecule has 0 N–H and O–H groups in total. The number of nitrogens with zero attached hydrogens (tertiary/aromatic N) is 6. The first-order valence-corrected chi connectivity index (χ1v) is 9.45. The molecule has 0 radical (unpaired) electrons. The molecule has 0 bridgehead atoms. The predicted octanol–water partition coefficient (Wildman–Crippen LogP) is 3.47. The standard InChI is InChI=1S/C20H15F3N6O/c21-20(22,23)16-4-1-12(9-25-16)14-10-29-15(5-7-26-29)17(27-14)28-8-6-19(11-24,18(28)30)13-2-3-13/h1,4-5,7,9-10,13H,2-3,6,8H2/t19-/m1/s1. The van der Waals surface area contributed by atoms with Crippen LogP contribution in [-0.2, 0) is 11.0 Å². The zero-order valence-electron chi connectivity index (χ0n) is 15.6. The molecule has 2 fully saturated rings. The average molecular weight is 412 g/mol. The van der Waals surface area contributed by atoms with Crippen molar-refractivity contribution >= 4 is 17.2 Å². The fourth-order valence-corrected chi connectivity index (χ4v) is 4.05. The molecule has 1 atom stereocenters. The van der Waals surface area contributed by atoms with E-state index in [2.05, 4.69) is 21.1 Å². The van der Waals surface area contributed by atoms with Gasteiger partial charge in [-0.3, -0.25) is 14.7 Å². The Morgan fingerprint density at radius 3 is 2.67 bits per heavy atom. The third-order valence-corrected chi connectivity index (χ3v) is 5.81. The Morgan fingerprint density at radius 1 is 1.23 bits per heavy atom. The molecule has 30 heavy (non-hydrogen) atoms. The minimum atomic E-state index is -4.53. The number of fused-ring (bicyclic) bond motifs is 1. The Bertz CT molecular complexity index is 1190. The Balaban J connectivity index is 1.58. The summed E-state index contributed by atoms with van der Waals surface area (Å²) in [4.78, 5) is 22.8. The van der Waals surface area contributed by atoms with Crippen molar-refractivity contribution in [2.45, 2.75) is 25.4 Å². The number of halogens is 3. The molecular weight excluding hydrogens is 397 g/mol. The molecule has 5 rings (SSSR count). The number of aromatic nitrogens is 4. The highest BCUT2D eigenvalue weighted by Gasteiger charge is 2.57. The van der Waals surface area contributed by atoms with Crippen LogP contribution in [0.25, 0.3) is 16.8 Å². The van der Waals surface area contributed by atoms with Gasteiger partial charge in [0.05, 0.1) is 24.2 Å². The van der Waals surface area contributed by atoms with Crippen molar-refractivity contribution in [2.75, 3.05) is 11.4 Å². The summed E-state index contributed by atoms with van der Waals surface area (Å²) < 4.78 is 40.0. The van der Waals surface area contributed by atoms with E-state index in [0.717, 1.165) is 25.1 Å². The van der Waals surface area contributed by atoms with Crippen LogP contribution in [0, 0.1) is 22.7 Å². The summed E-state index contributed by atoms with van der Waals surface area (Å²) >= 11 is 0. The number of anilines is 1. The van der Waals surface area contributed by atoms with Gasteiger partial charge < -0.3 is 0 Å². The zero-order valence-corrected chi connectivity index (χ0v) is 15.6. The van der Waals surface area contributed by atoms with Crippen LogP contribution in [0.4, 0.5) is 19.0 Å². The van der Waals surface area contributed by atoms with E-state index in [4.69, 9.17) is 0 Å². The zero-order chi connectivity index (χ0) is 21.1. The monoisotopic (exact) mass is 412 g/mol. The van der Waals surface area contributed by atoms with Gasteiger partial charge >= 0.3 is 6.18 Å². The SMILES string of the molecule is N#C[C@@]1(C2CC2)CCN(c2nc(-c3ccc(C(F)(F)F)nc3)cn3nccc23)C1=O. The van der Waals surface area contributed by atoms with Crippen LogP contribution < -0.4 is 4.90 Å². The third kappa shape index (κ3) is 2.73. The lowest BCUT2D eigenvalue weighted by Gasteiger charge is -2.21. The summed E-state index contributed by atoms with van der Waals surface area (Å²) in [5.41, 5.74) is -0.746. The molecule has 1 saturated carbocycles. The van der Waals surface area contributed by atoms with Gasteiger partial charge in [-0.1, -0.05) is 0 Å². The molecule has 4 heterocycles. The summed E-state index contributed by atoms with van der Waals surface area (Å²) in [6.07, 6.45) is 1.84. The van der Waals surface area contributed by atoms with Crippen LogP contribution in [0.2, 0.25) is 0 Å². The van der Waals surface area contributed by atoms with Crippen LogP contribution in [-0.4, -0.2) is 32.0 Å². The van der Waals surface area contributed by atoms with Gasteiger partial charge in [-0.25, -0.2) is 9.50 Å². The van der Waals surface area contributed by atoms with Crippen LogP contribution in [0.1, 0.15) is 25.0 Å². The minimum absolute atomic E-state index is 0.0724. The number of carbonyl (C=O) groups excluding carboxylic acids is 1. The maximum atomic E-state index is 13.2. The van der Waals surface area contributed by atoms with Gasteiger partial charge in [0.25, 0.3) is 0 Å². The van der Waals surface area contributed by atoms with Crippen molar-refractivity contribution in [2.24, 2.45) is 11.3 Å². The highest BCUT2D eigenvalue weighted by atomic mass is 19.4. The Kier molecular flexibility index (Phi) is 3.87. The average Bonchev–Trinajstić information content (AvgIpc) is 3.38. The number of nitriles is 1. The molecular formula is C20H15F3N6O. The quantitative estimate of drug-likeness (QED) is 0.658. The van der Waals surface area contributed by atoms with E-state index in [1.807, 2.05) is 0 Å². The number of alkyl halides is 3. The van der Waals surface area contributed by atoms with Gasteiger partial charge in [0, 0.05) is 18.3 Å². The van der Waals surface area contributed by atoms with Crippen molar-refractivity contribution in [1.29, 1.82) is 5.26 Å². The van der Waals surface area contributed by atoms with Crippen LogP contribution >= 0.6 is 0 Å². The summed E-state index contributed by atoms with van der Waals surface area (Å²) in [6, 6.07) is 6.11. The fourth-order valence-electron chi connectivity index (χ4n) is 4.05. The molecule has 152 valence electrons. The highest BCUT2D eigenvalue weighted by molar-refractivity contribution is 6.04. The Hall–Kier alpha value is -3.48. The molecule has 2 aliphatic rings. The van der Waals surface area contributed by atoms with E-state index in [9.17, 15) is 23.2 Å². The fraction of sp³-hybridized carbons (Fsp3) is 0.350. The summed E-state index contributed by atoms with van der Waals surface area (Å²) in [7, 11) is 0. The molecule has 10 heteroatoms. The van der Waals surface area contributed by atoms with Crippen LogP contribution in [0.5, 0.6) is 0 Å². The first-order valence-electron chi connectivity index (χ1n) is 9.45. The number of hydrogen-bond donors (Lipinski definition) is 0. The maximum absolute atomic E-state index is 13.2. The summed E-state index contributed by atoms with van der Waals surface area (Å²) in [6.45, 7) is 0.353. The lowest BCUT2D eigenvalue weighted by Crippen LogP contribution is -2.36. The van der Waals surface area contributed by atoms with Gasteiger partial charge in [-0.05, 0) is 43.4 Å². The molecule has 1 amide bonds. The van der Waals surface area contributed by atoms with Crippen molar-refractivity contribution in [3.63, 3.8) is 0 Å². The molecule has 0 spiro atoms. The molecule has 3 aromatic rings. The topological polar surface area (TPSA) is 87.2 Å². The molecule has 0 aromatic carbocycles. The second-order valence-electron chi connectivity index (χ2n) is 7.60. The van der Waals surface area contributed by atoms with Crippen LogP contribution in [0.3, 0.4) is 0 Å². The first-order chi connectivity index (χ1) is 14.3. The molecule has 1 aliphatic carbocycles. The summed E-state index contributed by atoms with van der Waals surface area (Å²) in [5.74, 6) is 0.140. The Labute approximate surface area is 168 Å².